The zero-order chi connectivity index (χ0) is 32.4. The number of nitrogens with zero attached hydrogens (tertiary/aromatic N) is 7. The van der Waals surface area contributed by atoms with E-state index < -0.39 is 18.0 Å². The first-order valence-electron chi connectivity index (χ1n) is 15.4. The molecule has 2 aliphatic rings. The van der Waals surface area contributed by atoms with Crippen LogP contribution in [-0.4, -0.2) is 66.6 Å². The van der Waals surface area contributed by atoms with Crippen LogP contribution >= 0.6 is 11.6 Å². The number of carbonyl (C=O) groups excluding carboxylic acids is 2. The third-order valence-electron chi connectivity index (χ3n) is 7.77. The Hall–Kier alpha value is -4.71. The van der Waals surface area contributed by atoms with Gasteiger partial charge in [0, 0.05) is 29.9 Å². The molecular formula is C33H38ClN9O3. The minimum absolute atomic E-state index is 0.00293. The SMILES string of the molecule is CC(C)(C)CN=C(N)N(C(=O)c1ccc(-c2cnn(C3CC3)c2)cc1)[C@H](COC(=O)NC1CC1)c1ccc(Cl)c(-n2cncn2)c1. The summed E-state index contributed by atoms with van der Waals surface area (Å²) in [6.45, 7) is 6.28. The van der Waals surface area contributed by atoms with E-state index >= 15 is 0 Å². The van der Waals surface area contributed by atoms with Crippen molar-refractivity contribution >= 4 is 29.6 Å². The number of rotatable bonds is 10. The lowest BCUT2D eigenvalue weighted by atomic mass is 9.97. The second-order valence-corrected chi connectivity index (χ2v) is 13.4. The summed E-state index contributed by atoms with van der Waals surface area (Å²) >= 11 is 6.55. The molecule has 6 rings (SSSR count). The minimum atomic E-state index is -0.850. The highest BCUT2D eigenvalue weighted by Gasteiger charge is 2.33. The number of alkyl carbamates (subject to hydrolysis) is 1. The summed E-state index contributed by atoms with van der Waals surface area (Å²) in [5.41, 5.74) is 9.92. The first-order chi connectivity index (χ1) is 22.1. The molecule has 1 atom stereocenters. The van der Waals surface area contributed by atoms with Gasteiger partial charge in [0.1, 0.15) is 19.3 Å². The lowest BCUT2D eigenvalue weighted by Crippen LogP contribution is -2.47. The van der Waals surface area contributed by atoms with Gasteiger partial charge in [-0.15, -0.1) is 0 Å². The number of benzene rings is 2. The summed E-state index contributed by atoms with van der Waals surface area (Å²) in [6, 6.07) is 12.3. The van der Waals surface area contributed by atoms with Crippen LogP contribution in [0.2, 0.25) is 5.02 Å². The van der Waals surface area contributed by atoms with Crippen molar-refractivity contribution in [3.8, 4) is 16.8 Å². The van der Waals surface area contributed by atoms with Crippen molar-refractivity contribution in [2.75, 3.05) is 13.2 Å². The van der Waals surface area contributed by atoms with E-state index in [2.05, 4.69) is 25.5 Å². The molecule has 3 N–H and O–H groups in total. The molecule has 2 aromatic heterocycles. The second kappa shape index (κ2) is 13.0. The van der Waals surface area contributed by atoms with Gasteiger partial charge in [-0.1, -0.05) is 50.6 Å². The third-order valence-corrected chi connectivity index (χ3v) is 8.09. The maximum atomic E-state index is 14.4. The van der Waals surface area contributed by atoms with E-state index in [1.165, 1.54) is 22.2 Å². The quantitative estimate of drug-likeness (QED) is 0.170. The molecule has 0 radical (unpaired) electrons. The number of guanidine groups is 1. The number of aliphatic imine (C=N–C) groups is 1. The number of hydrogen-bond acceptors (Lipinski definition) is 7. The average molecular weight is 644 g/mol. The fourth-order valence-corrected chi connectivity index (χ4v) is 5.13. The predicted octanol–water partition coefficient (Wildman–Crippen LogP) is 5.55. The van der Waals surface area contributed by atoms with Gasteiger partial charge in [-0.2, -0.15) is 10.2 Å². The Kier molecular flexibility index (Phi) is 8.81. The number of carbonyl (C=O) groups is 2. The summed E-state index contributed by atoms with van der Waals surface area (Å²) in [5, 5.41) is 12.0. The lowest BCUT2D eigenvalue weighted by Gasteiger charge is -2.32. The Labute approximate surface area is 272 Å². The van der Waals surface area contributed by atoms with Crippen molar-refractivity contribution in [2.45, 2.75) is 64.6 Å². The van der Waals surface area contributed by atoms with Crippen LogP contribution in [0.5, 0.6) is 0 Å². The second-order valence-electron chi connectivity index (χ2n) is 13.0. The molecule has 2 heterocycles. The molecule has 2 aliphatic carbocycles. The summed E-state index contributed by atoms with van der Waals surface area (Å²) in [4.78, 5) is 37.2. The molecule has 2 fully saturated rings. The van der Waals surface area contributed by atoms with Crippen molar-refractivity contribution in [3.05, 3.63) is 83.7 Å². The summed E-state index contributed by atoms with van der Waals surface area (Å²) in [7, 11) is 0. The molecule has 12 nitrogen and oxygen atoms in total. The van der Waals surface area contributed by atoms with Gasteiger partial charge in [0.2, 0.25) is 0 Å². The molecule has 2 aromatic carbocycles. The molecule has 240 valence electrons. The predicted molar refractivity (Wildman–Crippen MR) is 175 cm³/mol. The van der Waals surface area contributed by atoms with E-state index in [1.54, 1.807) is 30.3 Å². The first kappa shape index (κ1) is 31.3. The van der Waals surface area contributed by atoms with Gasteiger partial charge in [-0.05, 0) is 66.5 Å². The summed E-state index contributed by atoms with van der Waals surface area (Å²) in [5.74, 6) is -0.396. The Balaban J connectivity index is 1.36. The molecular weight excluding hydrogens is 606 g/mol. The van der Waals surface area contributed by atoms with Crippen LogP contribution < -0.4 is 11.1 Å². The number of aromatic nitrogens is 5. The zero-order valence-corrected chi connectivity index (χ0v) is 26.9. The van der Waals surface area contributed by atoms with E-state index in [0.29, 0.717) is 34.4 Å². The van der Waals surface area contributed by atoms with E-state index in [9.17, 15) is 9.59 Å². The van der Waals surface area contributed by atoms with Crippen molar-refractivity contribution in [1.29, 1.82) is 0 Å². The van der Waals surface area contributed by atoms with Crippen molar-refractivity contribution in [2.24, 2.45) is 16.1 Å². The number of hydrogen-bond donors (Lipinski definition) is 2. The van der Waals surface area contributed by atoms with Crippen LogP contribution in [-0.2, 0) is 4.74 Å². The standard InChI is InChI=1S/C33H38ClN9O3/c1-33(2,3)18-37-31(35)43(30(44)22-6-4-21(5-7-22)24-15-38-41(16-24)26-11-12-26)29(17-46-32(45)40-25-9-10-25)23-8-13-27(34)28(14-23)42-20-36-19-39-42/h4-8,13-16,19-20,25-26,29H,9-12,17-18H2,1-3H3,(H2,35,37)(H,40,45)/t29-/m1/s1. The molecule has 2 saturated carbocycles. The average Bonchev–Trinajstić information content (AvgIpc) is 3.94. The maximum Gasteiger partial charge on any atom is 0.407 e. The highest BCUT2D eigenvalue weighted by Crippen LogP contribution is 2.35. The minimum Gasteiger partial charge on any atom is -0.447 e. The van der Waals surface area contributed by atoms with Crippen molar-refractivity contribution < 1.29 is 14.3 Å². The van der Waals surface area contributed by atoms with Crippen molar-refractivity contribution in [3.63, 3.8) is 0 Å². The fraction of sp³-hybridized carbons (Fsp3) is 0.394. The maximum absolute atomic E-state index is 14.4. The highest BCUT2D eigenvalue weighted by molar-refractivity contribution is 6.32. The Bertz CT molecular complexity index is 1720. The van der Waals surface area contributed by atoms with E-state index in [1.807, 2.05) is 50.0 Å². The smallest absolute Gasteiger partial charge is 0.407 e. The number of halogens is 1. The monoisotopic (exact) mass is 643 g/mol. The normalized spacial score (nSPS) is 15.8. The first-order valence-corrected chi connectivity index (χ1v) is 15.8. The van der Waals surface area contributed by atoms with Crippen LogP contribution in [0.15, 0.2) is 72.5 Å². The van der Waals surface area contributed by atoms with Crippen molar-refractivity contribution in [1.82, 2.24) is 34.8 Å². The fourth-order valence-electron chi connectivity index (χ4n) is 4.93. The molecule has 0 spiro atoms. The zero-order valence-electron chi connectivity index (χ0n) is 26.1. The largest absolute Gasteiger partial charge is 0.447 e. The van der Waals surface area contributed by atoms with Gasteiger partial charge in [0.05, 0.1) is 29.0 Å². The molecule has 13 heteroatoms. The molecule has 0 aliphatic heterocycles. The van der Waals surface area contributed by atoms with Gasteiger partial charge in [-0.3, -0.25) is 19.4 Å². The Morgan fingerprint density at radius 2 is 1.87 bits per heavy atom. The molecule has 2 amide bonds. The number of ether oxygens (including phenoxy) is 1. The number of nitrogens with one attached hydrogen (secondary N) is 1. The van der Waals surface area contributed by atoms with Gasteiger partial charge >= 0.3 is 6.09 Å². The van der Waals surface area contributed by atoms with E-state index in [-0.39, 0.29) is 24.0 Å². The summed E-state index contributed by atoms with van der Waals surface area (Å²) < 4.78 is 9.22. The van der Waals surface area contributed by atoms with E-state index in [4.69, 9.17) is 22.1 Å². The highest BCUT2D eigenvalue weighted by atomic mass is 35.5. The Morgan fingerprint density at radius 1 is 1.11 bits per heavy atom. The molecule has 0 unspecified atom stereocenters. The molecule has 46 heavy (non-hydrogen) atoms. The lowest BCUT2D eigenvalue weighted by molar-refractivity contribution is 0.0701. The van der Waals surface area contributed by atoms with Gasteiger partial charge in [-0.25, -0.2) is 14.5 Å². The van der Waals surface area contributed by atoms with Gasteiger partial charge in [0.25, 0.3) is 5.91 Å². The van der Waals surface area contributed by atoms with Gasteiger partial charge in [0.15, 0.2) is 5.96 Å². The van der Waals surface area contributed by atoms with Gasteiger partial charge < -0.3 is 15.8 Å². The molecule has 0 bridgehead atoms. The van der Waals surface area contributed by atoms with Crippen LogP contribution in [0.1, 0.15) is 74.5 Å². The van der Waals surface area contributed by atoms with Crippen LogP contribution in [0.4, 0.5) is 4.79 Å². The number of nitrogens with two attached hydrogens (primary N) is 1. The van der Waals surface area contributed by atoms with Crippen LogP contribution in [0, 0.1) is 5.41 Å². The topological polar surface area (TPSA) is 146 Å². The Morgan fingerprint density at radius 3 is 2.52 bits per heavy atom. The molecule has 0 saturated heterocycles. The van der Waals surface area contributed by atoms with E-state index in [0.717, 1.165) is 36.8 Å². The van der Waals surface area contributed by atoms with Crippen LogP contribution in [0.3, 0.4) is 0 Å². The molecule has 4 aromatic rings. The third kappa shape index (κ3) is 7.56. The number of amides is 2. The summed E-state index contributed by atoms with van der Waals surface area (Å²) in [6.07, 6.45) is 10.3. The van der Waals surface area contributed by atoms with Crippen LogP contribution in [0.25, 0.3) is 16.8 Å².